The Kier molecular flexibility index (Phi) is 3.84. The summed E-state index contributed by atoms with van der Waals surface area (Å²) in [5.74, 6) is 2.79. The quantitative estimate of drug-likeness (QED) is 0.876. The van der Waals surface area contributed by atoms with E-state index in [1.54, 1.807) is 0 Å². The van der Waals surface area contributed by atoms with Crippen LogP contribution in [0, 0.1) is 5.92 Å². The van der Waals surface area contributed by atoms with E-state index in [0.29, 0.717) is 24.8 Å². The Bertz CT molecular complexity index is 421. The van der Waals surface area contributed by atoms with Crippen molar-refractivity contribution >= 4 is 0 Å². The lowest BCUT2D eigenvalue weighted by atomic mass is 9.80. The molecule has 1 aromatic heterocycles. The van der Waals surface area contributed by atoms with Crippen molar-refractivity contribution in [2.75, 3.05) is 6.54 Å². The molecule has 2 unspecified atom stereocenters. The maximum atomic E-state index is 9.53. The molecule has 5 nitrogen and oxygen atoms in total. The number of hydrogen-bond acceptors (Lipinski definition) is 5. The van der Waals surface area contributed by atoms with Gasteiger partial charge in [-0.05, 0) is 25.2 Å². The van der Waals surface area contributed by atoms with E-state index in [2.05, 4.69) is 22.4 Å². The molecule has 0 spiro atoms. The lowest BCUT2D eigenvalue weighted by Crippen LogP contribution is -2.16. The van der Waals surface area contributed by atoms with Crippen molar-refractivity contribution in [2.24, 2.45) is 5.92 Å². The fraction of sp³-hybridized carbons (Fsp3) is 0.857. The SMILES string of the molecule is CCC1CCCC(c2noc([C@@H]3C[C@@H](O)CN3)n2)C1. The van der Waals surface area contributed by atoms with E-state index in [0.717, 1.165) is 11.7 Å². The van der Waals surface area contributed by atoms with E-state index < -0.39 is 0 Å². The smallest absolute Gasteiger partial charge is 0.243 e. The molecule has 1 aliphatic heterocycles. The van der Waals surface area contributed by atoms with Gasteiger partial charge in [0, 0.05) is 12.5 Å². The van der Waals surface area contributed by atoms with Gasteiger partial charge >= 0.3 is 0 Å². The number of aliphatic hydroxyl groups is 1. The van der Waals surface area contributed by atoms with Gasteiger partial charge in [0.2, 0.25) is 5.89 Å². The molecule has 0 amide bonds. The highest BCUT2D eigenvalue weighted by atomic mass is 16.5. The van der Waals surface area contributed by atoms with Gasteiger partial charge in [0.05, 0.1) is 12.1 Å². The van der Waals surface area contributed by atoms with Crippen molar-refractivity contribution in [3.8, 4) is 0 Å². The first kappa shape index (κ1) is 13.1. The Morgan fingerprint density at radius 2 is 2.26 bits per heavy atom. The Labute approximate surface area is 113 Å². The number of nitrogens with one attached hydrogen (secondary N) is 1. The van der Waals surface area contributed by atoms with Crippen molar-refractivity contribution in [3.05, 3.63) is 11.7 Å². The number of rotatable bonds is 3. The van der Waals surface area contributed by atoms with Crippen LogP contribution in [-0.4, -0.2) is 27.9 Å². The molecule has 1 aliphatic carbocycles. The van der Waals surface area contributed by atoms with E-state index in [1.165, 1.54) is 32.1 Å². The maximum absolute atomic E-state index is 9.53. The van der Waals surface area contributed by atoms with Crippen LogP contribution in [0.3, 0.4) is 0 Å². The zero-order valence-corrected chi connectivity index (χ0v) is 11.5. The van der Waals surface area contributed by atoms with Crippen molar-refractivity contribution in [1.82, 2.24) is 15.5 Å². The van der Waals surface area contributed by atoms with Crippen LogP contribution in [0.4, 0.5) is 0 Å². The van der Waals surface area contributed by atoms with Crippen LogP contribution in [0.25, 0.3) is 0 Å². The van der Waals surface area contributed by atoms with Crippen molar-refractivity contribution in [1.29, 1.82) is 0 Å². The van der Waals surface area contributed by atoms with E-state index in [-0.39, 0.29) is 12.1 Å². The van der Waals surface area contributed by atoms with Crippen molar-refractivity contribution < 1.29 is 9.63 Å². The van der Waals surface area contributed by atoms with E-state index in [1.807, 2.05) is 0 Å². The Balaban J connectivity index is 1.67. The highest BCUT2D eigenvalue weighted by molar-refractivity contribution is 5.02. The molecule has 2 fully saturated rings. The summed E-state index contributed by atoms with van der Waals surface area (Å²) in [4.78, 5) is 4.57. The lowest BCUT2D eigenvalue weighted by molar-refractivity contribution is 0.191. The molecule has 0 radical (unpaired) electrons. The summed E-state index contributed by atoms with van der Waals surface area (Å²) < 4.78 is 5.38. The molecule has 2 heterocycles. The van der Waals surface area contributed by atoms with Crippen LogP contribution in [0.15, 0.2) is 4.52 Å². The van der Waals surface area contributed by atoms with Gasteiger partial charge in [-0.2, -0.15) is 4.98 Å². The minimum absolute atomic E-state index is 0.0295. The number of hydrogen-bond donors (Lipinski definition) is 2. The van der Waals surface area contributed by atoms with Crippen LogP contribution >= 0.6 is 0 Å². The van der Waals surface area contributed by atoms with Crippen molar-refractivity contribution in [3.63, 3.8) is 0 Å². The molecule has 2 N–H and O–H groups in total. The second-order valence-electron chi connectivity index (χ2n) is 5.98. The normalized spacial score (nSPS) is 35.7. The molecule has 19 heavy (non-hydrogen) atoms. The second kappa shape index (κ2) is 5.59. The average molecular weight is 265 g/mol. The van der Waals surface area contributed by atoms with Crippen LogP contribution in [-0.2, 0) is 0 Å². The highest BCUT2D eigenvalue weighted by Crippen LogP contribution is 2.36. The third-order valence-electron chi connectivity index (χ3n) is 4.59. The van der Waals surface area contributed by atoms with Crippen LogP contribution in [0.2, 0.25) is 0 Å². The third kappa shape index (κ3) is 2.82. The standard InChI is InChI=1S/C14H23N3O2/c1-2-9-4-3-5-10(6-9)13-16-14(19-17-13)12-7-11(18)8-15-12/h9-12,15,18H,2-8H2,1H3/t9?,10?,11-,12+/m1/s1. The van der Waals surface area contributed by atoms with Gasteiger partial charge in [-0.25, -0.2) is 0 Å². The van der Waals surface area contributed by atoms with Gasteiger partial charge in [-0.3, -0.25) is 0 Å². The Morgan fingerprint density at radius 3 is 3.00 bits per heavy atom. The third-order valence-corrected chi connectivity index (χ3v) is 4.59. The topological polar surface area (TPSA) is 71.2 Å². The Morgan fingerprint density at radius 1 is 1.37 bits per heavy atom. The molecular formula is C14H23N3O2. The monoisotopic (exact) mass is 265 g/mol. The maximum Gasteiger partial charge on any atom is 0.243 e. The summed E-state index contributed by atoms with van der Waals surface area (Å²) in [6, 6.07) is 0.0295. The van der Waals surface area contributed by atoms with Gasteiger partial charge < -0.3 is 14.9 Å². The van der Waals surface area contributed by atoms with E-state index in [9.17, 15) is 5.11 Å². The molecule has 106 valence electrons. The predicted molar refractivity (Wildman–Crippen MR) is 70.7 cm³/mol. The lowest BCUT2D eigenvalue weighted by Gasteiger charge is -2.26. The molecule has 1 saturated carbocycles. The summed E-state index contributed by atoms with van der Waals surface area (Å²) in [5, 5.41) is 16.9. The number of aliphatic hydroxyl groups excluding tert-OH is 1. The van der Waals surface area contributed by atoms with Gasteiger partial charge in [-0.1, -0.05) is 31.3 Å². The van der Waals surface area contributed by atoms with Gasteiger partial charge in [0.25, 0.3) is 0 Å². The second-order valence-corrected chi connectivity index (χ2v) is 5.98. The first-order valence-electron chi connectivity index (χ1n) is 7.51. The van der Waals surface area contributed by atoms with E-state index >= 15 is 0 Å². The molecule has 5 heteroatoms. The zero-order valence-electron chi connectivity index (χ0n) is 11.5. The first-order chi connectivity index (χ1) is 9.26. The Hall–Kier alpha value is -0.940. The number of aromatic nitrogens is 2. The van der Waals surface area contributed by atoms with Crippen LogP contribution in [0.5, 0.6) is 0 Å². The minimum atomic E-state index is -0.292. The average Bonchev–Trinajstić information content (AvgIpc) is 3.07. The summed E-state index contributed by atoms with van der Waals surface area (Å²) >= 11 is 0. The number of nitrogens with zero attached hydrogens (tertiary/aromatic N) is 2. The molecule has 3 rings (SSSR count). The van der Waals surface area contributed by atoms with Crippen molar-refractivity contribution in [2.45, 2.75) is 63.5 Å². The molecule has 1 saturated heterocycles. The molecule has 2 aliphatic rings. The predicted octanol–water partition coefficient (Wildman–Crippen LogP) is 2.15. The zero-order chi connectivity index (χ0) is 13.2. The summed E-state index contributed by atoms with van der Waals surface area (Å²) in [5.41, 5.74) is 0. The van der Waals surface area contributed by atoms with Gasteiger partial charge in [0.15, 0.2) is 5.82 Å². The first-order valence-corrected chi connectivity index (χ1v) is 7.51. The minimum Gasteiger partial charge on any atom is -0.392 e. The van der Waals surface area contributed by atoms with Crippen LogP contribution in [0.1, 0.15) is 69.1 Å². The summed E-state index contributed by atoms with van der Waals surface area (Å²) in [7, 11) is 0. The van der Waals surface area contributed by atoms with Gasteiger partial charge in [-0.15, -0.1) is 0 Å². The fourth-order valence-electron chi connectivity index (χ4n) is 3.36. The molecule has 0 aromatic carbocycles. The molecule has 1 aromatic rings. The molecule has 0 bridgehead atoms. The number of β-amino-alcohol motifs (C(OH)–C–C–N with tert-alkyl or cyclic N) is 1. The largest absolute Gasteiger partial charge is 0.392 e. The fourth-order valence-corrected chi connectivity index (χ4v) is 3.36. The van der Waals surface area contributed by atoms with E-state index in [4.69, 9.17) is 4.52 Å². The van der Waals surface area contributed by atoms with Gasteiger partial charge in [0.1, 0.15) is 0 Å². The molecule has 4 atom stereocenters. The summed E-state index contributed by atoms with van der Waals surface area (Å²) in [6.45, 7) is 2.88. The highest BCUT2D eigenvalue weighted by Gasteiger charge is 2.30. The summed E-state index contributed by atoms with van der Waals surface area (Å²) in [6.07, 6.45) is 6.61. The van der Waals surface area contributed by atoms with Crippen LogP contribution < -0.4 is 5.32 Å². The molecular weight excluding hydrogens is 242 g/mol.